The minimum atomic E-state index is -4.20. The van der Waals surface area contributed by atoms with Crippen LogP contribution in [-0.2, 0) is 23.0 Å². The molecule has 0 aliphatic rings. The maximum atomic E-state index is 10.9. The van der Waals surface area contributed by atoms with E-state index in [0.29, 0.717) is 0 Å². The first-order valence-electron chi connectivity index (χ1n) is 12.6. The van der Waals surface area contributed by atoms with Crippen LogP contribution in [0.4, 0.5) is 0 Å². The van der Waals surface area contributed by atoms with Crippen LogP contribution >= 0.6 is 0 Å². The first-order valence-corrected chi connectivity index (χ1v) is 14.2. The van der Waals surface area contributed by atoms with Crippen molar-refractivity contribution in [1.82, 2.24) is 0 Å². The van der Waals surface area contributed by atoms with Gasteiger partial charge < -0.3 is 9.29 Å². The number of rotatable bonds is 19. The fourth-order valence-corrected chi connectivity index (χ4v) is 4.51. The number of hydrogen-bond donors (Lipinski definition) is 0. The van der Waals surface area contributed by atoms with Gasteiger partial charge in [0, 0.05) is 5.75 Å². The smallest absolute Gasteiger partial charge is 0.748 e. The van der Waals surface area contributed by atoms with Gasteiger partial charge in [0.2, 0.25) is 0 Å². The molecule has 0 aliphatic carbocycles. The van der Waals surface area contributed by atoms with Gasteiger partial charge in [0.05, 0.1) is 16.2 Å². The molecule has 0 spiro atoms. The van der Waals surface area contributed by atoms with Crippen LogP contribution in [0.1, 0.15) is 115 Å². The van der Waals surface area contributed by atoms with Crippen molar-refractivity contribution in [2.75, 3.05) is 5.75 Å². The summed E-state index contributed by atoms with van der Waals surface area (Å²) in [4.78, 5) is 0. The molecule has 0 aromatic heterocycles. The number of ether oxygens (including phenoxy) is 1. The number of benzene rings is 1. The molecule has 1 rings (SSSR count). The molecule has 0 radical (unpaired) electrons. The van der Waals surface area contributed by atoms with E-state index in [4.69, 9.17) is 4.74 Å². The second-order valence-corrected chi connectivity index (χ2v) is 10.5. The van der Waals surface area contributed by atoms with E-state index in [-0.39, 0.29) is 47.8 Å². The van der Waals surface area contributed by atoms with E-state index in [1.165, 1.54) is 81.8 Å². The summed E-state index contributed by atoms with van der Waals surface area (Å²) in [5.74, 6) is 0.466. The van der Waals surface area contributed by atoms with Crippen molar-refractivity contribution in [3.8, 4) is 5.75 Å². The van der Waals surface area contributed by atoms with Gasteiger partial charge >= 0.3 is 29.6 Å². The van der Waals surface area contributed by atoms with Gasteiger partial charge in [-0.05, 0) is 56.2 Å². The molecule has 32 heavy (non-hydrogen) atoms. The third-order valence-corrected chi connectivity index (χ3v) is 6.58. The van der Waals surface area contributed by atoms with Crippen molar-refractivity contribution < 1.29 is 47.3 Å². The molecule has 180 valence electrons. The zero-order chi connectivity index (χ0) is 23.0. The molecule has 6 heteroatoms. The van der Waals surface area contributed by atoms with Crippen molar-refractivity contribution in [1.29, 1.82) is 0 Å². The van der Waals surface area contributed by atoms with Gasteiger partial charge in [0.1, 0.15) is 5.75 Å². The summed E-state index contributed by atoms with van der Waals surface area (Å²) >= 11 is 0. The number of hydrogen-bond acceptors (Lipinski definition) is 4. The van der Waals surface area contributed by atoms with E-state index in [9.17, 15) is 13.0 Å². The molecule has 4 nitrogen and oxygen atoms in total. The van der Waals surface area contributed by atoms with Crippen LogP contribution in [-0.4, -0.2) is 24.8 Å². The minimum absolute atomic E-state index is 0. The van der Waals surface area contributed by atoms with Crippen LogP contribution in [0.5, 0.6) is 5.75 Å². The fourth-order valence-electron chi connectivity index (χ4n) is 3.89. The Morgan fingerprint density at radius 3 is 1.94 bits per heavy atom. The molecule has 0 bridgehead atoms. The molecule has 1 unspecified atom stereocenters. The number of aryl methyl sites for hydroxylation is 2. The summed E-state index contributed by atoms with van der Waals surface area (Å²) in [6, 6.07) is 6.47. The predicted octanol–water partition coefficient (Wildman–Crippen LogP) is 4.20. The second kappa shape index (κ2) is 19.3. The van der Waals surface area contributed by atoms with Crippen molar-refractivity contribution in [2.45, 2.75) is 123 Å². The maximum Gasteiger partial charge on any atom is 1.00 e. The molecule has 1 aromatic carbocycles. The Morgan fingerprint density at radius 1 is 0.844 bits per heavy atom. The molecule has 0 saturated carbocycles. The monoisotopic (exact) mass is 476 g/mol. The van der Waals surface area contributed by atoms with Crippen molar-refractivity contribution in [3.63, 3.8) is 0 Å². The minimum Gasteiger partial charge on any atom is -0.748 e. The summed E-state index contributed by atoms with van der Waals surface area (Å²) < 4.78 is 38.8. The Hall–Kier alpha value is -0.0700. The van der Waals surface area contributed by atoms with Crippen molar-refractivity contribution >= 4 is 10.1 Å². The fraction of sp³-hybridized carbons (Fsp3) is 0.769. The second-order valence-electron chi connectivity index (χ2n) is 8.96. The van der Waals surface area contributed by atoms with Gasteiger partial charge in [-0.3, -0.25) is 0 Å². The molecule has 0 heterocycles. The van der Waals surface area contributed by atoms with Crippen molar-refractivity contribution in [2.24, 2.45) is 0 Å². The Kier molecular flexibility index (Phi) is 19.2. The van der Waals surface area contributed by atoms with Gasteiger partial charge in [-0.15, -0.1) is 0 Å². The van der Waals surface area contributed by atoms with Crippen molar-refractivity contribution in [3.05, 3.63) is 29.3 Å². The summed E-state index contributed by atoms with van der Waals surface area (Å²) in [6.45, 7) is 6.32. The van der Waals surface area contributed by atoms with Gasteiger partial charge in [0.25, 0.3) is 0 Å². The van der Waals surface area contributed by atoms with Crippen LogP contribution in [0.3, 0.4) is 0 Å². The first kappa shape index (κ1) is 31.9. The summed E-state index contributed by atoms with van der Waals surface area (Å²) in [5, 5.41) is 0. The Labute approximate surface area is 220 Å². The normalized spacial score (nSPS) is 12.4. The predicted molar refractivity (Wildman–Crippen MR) is 130 cm³/mol. The standard InChI is InChI=1S/C26H46O4S.Na/c1-4-6-8-10-12-14-16-24-18-19-26(30-23(3)20-21-31(27,28)29)25(22-24)17-15-13-11-9-7-5-2;/h18-19,22-23H,4-17,20-21H2,1-3H3,(H,27,28,29);/q;+1/p-1. The Morgan fingerprint density at radius 2 is 1.38 bits per heavy atom. The summed E-state index contributed by atoms with van der Waals surface area (Å²) in [7, 11) is -4.20. The number of unbranched alkanes of at least 4 members (excludes halogenated alkanes) is 10. The van der Waals surface area contributed by atoms with E-state index < -0.39 is 10.1 Å². The van der Waals surface area contributed by atoms with Gasteiger partial charge in [-0.25, -0.2) is 8.42 Å². The molecule has 0 aliphatic heterocycles. The van der Waals surface area contributed by atoms with Crippen LogP contribution in [0.15, 0.2) is 18.2 Å². The largest absolute Gasteiger partial charge is 1.00 e. The molecular formula is C26H45NaO4S. The van der Waals surface area contributed by atoms with E-state index in [0.717, 1.165) is 25.0 Å². The topological polar surface area (TPSA) is 66.4 Å². The summed E-state index contributed by atoms with van der Waals surface area (Å²) in [5.41, 5.74) is 2.58. The zero-order valence-corrected chi connectivity index (χ0v) is 24.0. The molecule has 1 aromatic rings. The van der Waals surface area contributed by atoms with Gasteiger partial charge in [0.15, 0.2) is 0 Å². The molecule has 0 N–H and O–H groups in total. The molecule has 0 fully saturated rings. The third-order valence-electron chi connectivity index (χ3n) is 5.85. The Balaban J connectivity index is 0.00000961. The van der Waals surface area contributed by atoms with Crippen LogP contribution in [0, 0.1) is 0 Å². The average Bonchev–Trinajstić information content (AvgIpc) is 2.72. The third kappa shape index (κ3) is 16.5. The van der Waals surface area contributed by atoms with E-state index >= 15 is 0 Å². The quantitative estimate of drug-likeness (QED) is 0.171. The van der Waals surface area contributed by atoms with Gasteiger partial charge in [-0.1, -0.05) is 90.2 Å². The molecule has 0 amide bonds. The molecule has 0 saturated heterocycles. The van der Waals surface area contributed by atoms with Crippen LogP contribution < -0.4 is 34.3 Å². The maximum absolute atomic E-state index is 10.9. The summed E-state index contributed by atoms with van der Waals surface area (Å²) in [6.07, 6.45) is 17.3. The van der Waals surface area contributed by atoms with E-state index in [2.05, 4.69) is 26.0 Å². The van der Waals surface area contributed by atoms with Crippen LogP contribution in [0.25, 0.3) is 0 Å². The zero-order valence-electron chi connectivity index (χ0n) is 21.2. The molecular weight excluding hydrogens is 431 g/mol. The van der Waals surface area contributed by atoms with E-state index in [1.807, 2.05) is 13.0 Å². The van der Waals surface area contributed by atoms with Crippen LogP contribution in [0.2, 0.25) is 0 Å². The Bertz CT molecular complexity index is 691. The first-order chi connectivity index (χ1) is 14.9. The molecule has 1 atom stereocenters. The SMILES string of the molecule is CCCCCCCCc1ccc(OC(C)CCS(=O)(=O)[O-])c(CCCCCCCC)c1.[Na+]. The average molecular weight is 477 g/mol. The van der Waals surface area contributed by atoms with E-state index in [1.54, 1.807) is 0 Å². The van der Waals surface area contributed by atoms with Gasteiger partial charge in [-0.2, -0.15) is 0 Å².